The molecular formula is C28H54N2O8. The molecule has 1 rings (SSSR count). The smallest absolute Gasteiger partial charge is 0.186 e. The normalized spacial score (nSPS) is 27.7. The molecule has 224 valence electrons. The van der Waals surface area contributed by atoms with Gasteiger partial charge in [-0.15, -0.1) is 0 Å². The second-order valence-corrected chi connectivity index (χ2v) is 13.2. The Morgan fingerprint density at radius 2 is 1.45 bits per heavy atom. The summed E-state index contributed by atoms with van der Waals surface area (Å²) in [4.78, 5) is 26.8. The second-order valence-electron chi connectivity index (χ2n) is 13.2. The number of carbonyl (C=O) groups is 2. The lowest BCUT2D eigenvalue weighted by molar-refractivity contribution is -0.301. The number of nitrogens with one attached hydrogen (secondary N) is 2. The summed E-state index contributed by atoms with van der Waals surface area (Å²) < 4.78 is 11.2. The van der Waals surface area contributed by atoms with Crippen LogP contribution in [0.2, 0.25) is 0 Å². The van der Waals surface area contributed by atoms with Gasteiger partial charge in [-0.05, 0) is 47.0 Å². The van der Waals surface area contributed by atoms with Gasteiger partial charge in [0.15, 0.2) is 17.9 Å². The Hall–Kier alpha value is -0.980. The SMILES string of the molecule is CCC(NC(C)(C)C(C)C(C)(C)C(=O)C(COC1OC(CO)C(O)C(O)C1O)NC(C)(C)C)C(=O)C(C)C. The number of aliphatic hydroxyl groups is 4. The van der Waals surface area contributed by atoms with E-state index in [9.17, 15) is 30.0 Å². The number of Topliss-reactive ketones (excluding diaryl/α,β-unsaturated/α-hetero) is 2. The molecule has 1 aliphatic rings. The number of aliphatic hydroxyl groups excluding tert-OH is 4. The molecule has 0 spiro atoms. The van der Waals surface area contributed by atoms with E-state index in [1.165, 1.54) is 0 Å². The largest absolute Gasteiger partial charge is 0.394 e. The first-order valence-electron chi connectivity index (χ1n) is 13.8. The van der Waals surface area contributed by atoms with E-state index < -0.39 is 59.8 Å². The topological polar surface area (TPSA) is 158 Å². The third kappa shape index (κ3) is 8.76. The van der Waals surface area contributed by atoms with Crippen molar-refractivity contribution in [2.75, 3.05) is 13.2 Å². The van der Waals surface area contributed by atoms with Crippen molar-refractivity contribution in [1.29, 1.82) is 0 Å². The number of rotatable bonds is 14. The summed E-state index contributed by atoms with van der Waals surface area (Å²) >= 11 is 0. The van der Waals surface area contributed by atoms with Gasteiger partial charge in [0.2, 0.25) is 0 Å². The first-order valence-corrected chi connectivity index (χ1v) is 13.8. The van der Waals surface area contributed by atoms with E-state index in [2.05, 4.69) is 10.6 Å². The molecule has 10 heteroatoms. The van der Waals surface area contributed by atoms with E-state index in [-0.39, 0.29) is 36.1 Å². The van der Waals surface area contributed by atoms with E-state index in [0.717, 1.165) is 0 Å². The molecule has 0 amide bonds. The Kier molecular flexibility index (Phi) is 12.5. The fourth-order valence-electron chi connectivity index (χ4n) is 5.02. The van der Waals surface area contributed by atoms with Gasteiger partial charge in [-0.25, -0.2) is 0 Å². The lowest BCUT2D eigenvalue weighted by atomic mass is 9.66. The van der Waals surface area contributed by atoms with Gasteiger partial charge in [0.05, 0.1) is 25.3 Å². The molecular weight excluding hydrogens is 492 g/mol. The zero-order valence-electron chi connectivity index (χ0n) is 25.2. The molecule has 0 aliphatic carbocycles. The molecule has 38 heavy (non-hydrogen) atoms. The summed E-state index contributed by atoms with van der Waals surface area (Å²) in [6.07, 6.45) is -6.43. The molecule has 1 heterocycles. The zero-order valence-corrected chi connectivity index (χ0v) is 25.2. The molecule has 0 aromatic carbocycles. The maximum Gasteiger partial charge on any atom is 0.186 e. The predicted octanol–water partition coefficient (Wildman–Crippen LogP) is 1.16. The standard InChI is InChI=1S/C28H54N2O8/c1-12-17(20(32)15(2)3)30-28(10,11)16(4)27(8,9)24(36)18(29-26(5,6)7)14-37-25-23(35)22(34)21(33)19(13-31)38-25/h15-19,21-23,25,29-31,33-35H,12-14H2,1-11H3. The molecule has 0 aromatic rings. The van der Waals surface area contributed by atoms with Crippen LogP contribution in [0.1, 0.15) is 82.6 Å². The lowest BCUT2D eigenvalue weighted by Gasteiger charge is -2.46. The van der Waals surface area contributed by atoms with Crippen LogP contribution in [0.3, 0.4) is 0 Å². The Labute approximate surface area is 228 Å². The minimum Gasteiger partial charge on any atom is -0.394 e. The van der Waals surface area contributed by atoms with Crippen molar-refractivity contribution in [3.05, 3.63) is 0 Å². The molecule has 8 unspecified atom stereocenters. The Balaban J connectivity index is 3.15. The van der Waals surface area contributed by atoms with Gasteiger partial charge in [0.25, 0.3) is 0 Å². The number of hydrogen-bond acceptors (Lipinski definition) is 10. The van der Waals surface area contributed by atoms with Crippen LogP contribution in [0.4, 0.5) is 0 Å². The molecule has 10 nitrogen and oxygen atoms in total. The highest BCUT2D eigenvalue weighted by molar-refractivity contribution is 5.90. The zero-order chi connectivity index (χ0) is 29.8. The first kappa shape index (κ1) is 35.0. The Bertz CT molecular complexity index is 777. The van der Waals surface area contributed by atoms with E-state index in [4.69, 9.17) is 9.47 Å². The molecule has 0 radical (unpaired) electrons. The average Bonchev–Trinajstić information content (AvgIpc) is 2.82. The van der Waals surface area contributed by atoms with E-state index in [1.807, 2.05) is 76.2 Å². The Morgan fingerprint density at radius 3 is 1.89 bits per heavy atom. The van der Waals surface area contributed by atoms with Crippen molar-refractivity contribution in [2.45, 2.75) is 136 Å². The number of carbonyl (C=O) groups excluding carboxylic acids is 2. The van der Waals surface area contributed by atoms with Crippen LogP contribution >= 0.6 is 0 Å². The second kappa shape index (κ2) is 13.6. The van der Waals surface area contributed by atoms with Gasteiger partial charge >= 0.3 is 0 Å². The van der Waals surface area contributed by atoms with Gasteiger partial charge in [0, 0.05) is 22.4 Å². The number of ether oxygens (including phenoxy) is 2. The summed E-state index contributed by atoms with van der Waals surface area (Å²) in [7, 11) is 0. The summed E-state index contributed by atoms with van der Waals surface area (Å²) in [6.45, 7) is 20.5. The summed E-state index contributed by atoms with van der Waals surface area (Å²) in [5.41, 5.74) is -1.88. The van der Waals surface area contributed by atoms with Gasteiger partial charge in [-0.1, -0.05) is 41.5 Å². The summed E-state index contributed by atoms with van der Waals surface area (Å²) in [6, 6.07) is -1.12. The van der Waals surface area contributed by atoms with Crippen molar-refractivity contribution < 1.29 is 39.5 Å². The van der Waals surface area contributed by atoms with E-state index in [0.29, 0.717) is 6.42 Å². The van der Waals surface area contributed by atoms with Crippen molar-refractivity contribution >= 4 is 11.6 Å². The third-order valence-corrected chi connectivity index (χ3v) is 7.87. The molecule has 1 fully saturated rings. The molecule has 1 saturated heterocycles. The monoisotopic (exact) mass is 546 g/mol. The highest BCUT2D eigenvalue weighted by atomic mass is 16.7. The highest BCUT2D eigenvalue weighted by Crippen LogP contribution is 2.37. The lowest BCUT2D eigenvalue weighted by Crippen LogP contribution is -2.62. The molecule has 8 atom stereocenters. The molecule has 6 N–H and O–H groups in total. The summed E-state index contributed by atoms with van der Waals surface area (Å²) in [5.74, 6) is -0.291. The predicted molar refractivity (Wildman–Crippen MR) is 145 cm³/mol. The molecule has 0 aromatic heterocycles. The van der Waals surface area contributed by atoms with Gasteiger partial charge in [-0.3, -0.25) is 9.59 Å². The fourth-order valence-corrected chi connectivity index (χ4v) is 5.02. The van der Waals surface area contributed by atoms with Crippen LogP contribution in [0.25, 0.3) is 0 Å². The van der Waals surface area contributed by atoms with Crippen molar-refractivity contribution in [3.63, 3.8) is 0 Å². The fraction of sp³-hybridized carbons (Fsp3) is 0.929. The summed E-state index contributed by atoms with van der Waals surface area (Å²) in [5, 5.41) is 46.8. The van der Waals surface area contributed by atoms with Crippen molar-refractivity contribution in [2.24, 2.45) is 17.3 Å². The van der Waals surface area contributed by atoms with Crippen molar-refractivity contribution in [3.8, 4) is 0 Å². The van der Waals surface area contributed by atoms with Crippen LogP contribution < -0.4 is 10.6 Å². The van der Waals surface area contributed by atoms with Gasteiger partial charge in [-0.2, -0.15) is 0 Å². The number of hydrogen-bond donors (Lipinski definition) is 6. The minimum atomic E-state index is -1.57. The van der Waals surface area contributed by atoms with E-state index in [1.54, 1.807) is 0 Å². The Morgan fingerprint density at radius 1 is 0.895 bits per heavy atom. The minimum absolute atomic E-state index is 0.104. The van der Waals surface area contributed by atoms with Crippen LogP contribution in [0.15, 0.2) is 0 Å². The maximum atomic E-state index is 14.0. The van der Waals surface area contributed by atoms with Crippen LogP contribution in [0.5, 0.6) is 0 Å². The van der Waals surface area contributed by atoms with Crippen LogP contribution in [0, 0.1) is 17.3 Å². The van der Waals surface area contributed by atoms with Gasteiger partial charge in [0.1, 0.15) is 24.4 Å². The van der Waals surface area contributed by atoms with Crippen molar-refractivity contribution in [1.82, 2.24) is 10.6 Å². The average molecular weight is 547 g/mol. The quantitative estimate of drug-likeness (QED) is 0.187. The molecule has 0 saturated carbocycles. The molecule has 1 aliphatic heterocycles. The molecule has 0 bridgehead atoms. The van der Waals surface area contributed by atoms with Crippen LogP contribution in [-0.2, 0) is 19.1 Å². The number of ketones is 2. The van der Waals surface area contributed by atoms with Gasteiger partial charge < -0.3 is 40.5 Å². The van der Waals surface area contributed by atoms with E-state index >= 15 is 0 Å². The third-order valence-electron chi connectivity index (χ3n) is 7.87. The van der Waals surface area contributed by atoms with Crippen LogP contribution in [-0.4, -0.2) is 99.1 Å². The maximum absolute atomic E-state index is 14.0. The first-order chi connectivity index (χ1) is 17.2. The highest BCUT2D eigenvalue weighted by Gasteiger charge is 2.48.